The third-order valence-electron chi connectivity index (χ3n) is 3.99. The van der Waals surface area contributed by atoms with E-state index in [0.29, 0.717) is 32.2 Å². The predicted molar refractivity (Wildman–Crippen MR) is 68.4 cm³/mol. The number of sulfone groups is 1. The fraction of sp³-hybridized carbons (Fsp3) is 0.833. The van der Waals surface area contributed by atoms with E-state index in [9.17, 15) is 18.0 Å². The van der Waals surface area contributed by atoms with Crippen molar-refractivity contribution in [3.8, 4) is 0 Å². The van der Waals surface area contributed by atoms with Gasteiger partial charge in [0.05, 0.1) is 5.25 Å². The second-order valence-electron chi connectivity index (χ2n) is 5.30. The molecular formula is C12H19NO5S. The molecule has 0 aromatic carbocycles. The molecule has 0 bridgehead atoms. The number of carbonyl (C=O) groups excluding carboxylic acids is 1. The number of carboxylic acid groups (broad SMARTS) is 1. The van der Waals surface area contributed by atoms with E-state index in [4.69, 9.17) is 5.11 Å². The first kappa shape index (κ1) is 14.3. The summed E-state index contributed by atoms with van der Waals surface area (Å²) in [6.07, 6.45) is 4.05. The van der Waals surface area contributed by atoms with Gasteiger partial charge in [-0.2, -0.15) is 0 Å². The fourth-order valence-electron chi connectivity index (χ4n) is 2.94. The maximum atomic E-state index is 12.1. The van der Waals surface area contributed by atoms with Gasteiger partial charge < -0.3 is 10.0 Å². The number of likely N-dealkylation sites (tertiary alicyclic amines) is 1. The van der Waals surface area contributed by atoms with Gasteiger partial charge >= 0.3 is 5.97 Å². The molecule has 1 aliphatic carbocycles. The van der Waals surface area contributed by atoms with E-state index in [0.717, 1.165) is 12.8 Å². The van der Waals surface area contributed by atoms with Crippen LogP contribution in [0.3, 0.4) is 0 Å². The van der Waals surface area contributed by atoms with Crippen LogP contribution in [0.5, 0.6) is 0 Å². The molecule has 2 aliphatic rings. The van der Waals surface area contributed by atoms with Crippen LogP contribution in [0.15, 0.2) is 0 Å². The number of amides is 1. The lowest BCUT2D eigenvalue weighted by atomic mass is 10.2. The van der Waals surface area contributed by atoms with Crippen LogP contribution in [-0.4, -0.2) is 53.9 Å². The summed E-state index contributed by atoms with van der Waals surface area (Å²) >= 11 is 0. The minimum Gasteiger partial charge on any atom is -0.480 e. The zero-order chi connectivity index (χ0) is 14.0. The lowest BCUT2D eigenvalue weighted by molar-refractivity contribution is -0.147. The Labute approximate surface area is 112 Å². The summed E-state index contributed by atoms with van der Waals surface area (Å²) in [5.74, 6) is -2.15. The number of nitrogens with zero attached hydrogens (tertiary/aromatic N) is 1. The minimum absolute atomic E-state index is 0.343. The van der Waals surface area contributed by atoms with Crippen LogP contribution in [0.25, 0.3) is 0 Å². The zero-order valence-electron chi connectivity index (χ0n) is 10.7. The Bertz CT molecular complexity index is 467. The van der Waals surface area contributed by atoms with E-state index >= 15 is 0 Å². The molecule has 1 amide bonds. The summed E-state index contributed by atoms with van der Waals surface area (Å²) in [6.45, 7) is 0.343. The van der Waals surface area contributed by atoms with Crippen molar-refractivity contribution in [3.05, 3.63) is 0 Å². The number of rotatable bonds is 4. The van der Waals surface area contributed by atoms with Gasteiger partial charge in [0.25, 0.3) is 0 Å². The summed E-state index contributed by atoms with van der Waals surface area (Å²) in [4.78, 5) is 24.2. The first-order valence-corrected chi connectivity index (χ1v) is 8.37. The van der Waals surface area contributed by atoms with Gasteiger partial charge in [-0.1, -0.05) is 12.8 Å². The third kappa shape index (κ3) is 3.08. The molecular weight excluding hydrogens is 270 g/mol. The highest BCUT2D eigenvalue weighted by molar-refractivity contribution is 7.92. The third-order valence-corrected chi connectivity index (χ3v) is 6.13. The Morgan fingerprint density at radius 2 is 1.74 bits per heavy atom. The SMILES string of the molecule is O=C(O)C1CCCN1C(=O)CS(=O)(=O)C1CCCC1. The van der Waals surface area contributed by atoms with Gasteiger partial charge in [0.15, 0.2) is 9.84 Å². The summed E-state index contributed by atoms with van der Waals surface area (Å²) in [5.41, 5.74) is 0. The molecule has 1 heterocycles. The van der Waals surface area contributed by atoms with Crippen molar-refractivity contribution in [1.82, 2.24) is 4.90 Å². The van der Waals surface area contributed by atoms with Gasteiger partial charge in [-0.05, 0) is 25.7 Å². The highest BCUT2D eigenvalue weighted by Gasteiger charge is 2.37. The van der Waals surface area contributed by atoms with Crippen molar-refractivity contribution in [2.45, 2.75) is 49.8 Å². The number of aliphatic carboxylic acids is 1. The van der Waals surface area contributed by atoms with Gasteiger partial charge in [-0.3, -0.25) is 4.79 Å². The molecule has 7 heteroatoms. The number of hydrogen-bond donors (Lipinski definition) is 1. The lowest BCUT2D eigenvalue weighted by Gasteiger charge is -2.22. The standard InChI is InChI=1S/C12H19NO5S/c14-11(13-7-3-6-10(13)12(15)16)8-19(17,18)9-4-1-2-5-9/h9-10H,1-8H2,(H,15,16). The van der Waals surface area contributed by atoms with Gasteiger partial charge in [0.2, 0.25) is 5.91 Å². The smallest absolute Gasteiger partial charge is 0.326 e. The Kier molecular flexibility index (Phi) is 4.13. The molecule has 2 fully saturated rings. The molecule has 19 heavy (non-hydrogen) atoms. The Hall–Kier alpha value is -1.11. The molecule has 1 saturated carbocycles. The first-order valence-electron chi connectivity index (χ1n) is 6.65. The van der Waals surface area contributed by atoms with Crippen molar-refractivity contribution in [1.29, 1.82) is 0 Å². The average molecular weight is 289 g/mol. The number of hydrogen-bond acceptors (Lipinski definition) is 4. The zero-order valence-corrected chi connectivity index (χ0v) is 11.6. The van der Waals surface area contributed by atoms with E-state index in [-0.39, 0.29) is 0 Å². The van der Waals surface area contributed by atoms with Crippen molar-refractivity contribution in [2.75, 3.05) is 12.3 Å². The van der Waals surface area contributed by atoms with Crippen molar-refractivity contribution in [2.24, 2.45) is 0 Å². The van der Waals surface area contributed by atoms with Crippen molar-refractivity contribution >= 4 is 21.7 Å². The molecule has 0 aromatic rings. The van der Waals surface area contributed by atoms with E-state index in [2.05, 4.69) is 0 Å². The summed E-state index contributed by atoms with van der Waals surface area (Å²) in [6, 6.07) is -0.855. The molecule has 1 aliphatic heterocycles. The molecule has 1 N–H and O–H groups in total. The van der Waals surface area contributed by atoms with Crippen LogP contribution in [0.4, 0.5) is 0 Å². The monoisotopic (exact) mass is 289 g/mol. The van der Waals surface area contributed by atoms with Crippen LogP contribution in [-0.2, 0) is 19.4 Å². The number of carbonyl (C=O) groups is 2. The lowest BCUT2D eigenvalue weighted by Crippen LogP contribution is -2.44. The van der Waals surface area contributed by atoms with E-state index < -0.39 is 38.8 Å². The largest absolute Gasteiger partial charge is 0.480 e. The Balaban J connectivity index is 2.02. The van der Waals surface area contributed by atoms with Gasteiger partial charge in [0, 0.05) is 6.54 Å². The van der Waals surface area contributed by atoms with Crippen molar-refractivity contribution in [3.63, 3.8) is 0 Å². The van der Waals surface area contributed by atoms with E-state index in [1.807, 2.05) is 0 Å². The number of carboxylic acids is 1. The van der Waals surface area contributed by atoms with Crippen LogP contribution in [0.2, 0.25) is 0 Å². The van der Waals surface area contributed by atoms with Crippen molar-refractivity contribution < 1.29 is 23.1 Å². The predicted octanol–water partition coefficient (Wildman–Crippen LogP) is 0.419. The quantitative estimate of drug-likeness (QED) is 0.809. The van der Waals surface area contributed by atoms with Gasteiger partial charge in [0.1, 0.15) is 11.8 Å². The molecule has 1 unspecified atom stereocenters. The maximum absolute atomic E-state index is 12.1. The topological polar surface area (TPSA) is 91.8 Å². The first-order chi connectivity index (χ1) is 8.92. The van der Waals surface area contributed by atoms with Crippen LogP contribution in [0.1, 0.15) is 38.5 Å². The fourth-order valence-corrected chi connectivity index (χ4v) is 4.74. The highest BCUT2D eigenvalue weighted by atomic mass is 32.2. The molecule has 1 saturated heterocycles. The molecule has 108 valence electrons. The average Bonchev–Trinajstić information content (AvgIpc) is 3.00. The maximum Gasteiger partial charge on any atom is 0.326 e. The molecule has 0 radical (unpaired) electrons. The Morgan fingerprint density at radius 1 is 1.11 bits per heavy atom. The second-order valence-corrected chi connectivity index (χ2v) is 7.58. The molecule has 6 nitrogen and oxygen atoms in total. The summed E-state index contributed by atoms with van der Waals surface area (Å²) in [7, 11) is -3.43. The van der Waals surface area contributed by atoms with Gasteiger partial charge in [-0.25, -0.2) is 13.2 Å². The Morgan fingerprint density at radius 3 is 2.32 bits per heavy atom. The molecule has 0 aromatic heterocycles. The molecule has 1 atom stereocenters. The summed E-state index contributed by atoms with van der Waals surface area (Å²) in [5, 5.41) is 8.58. The van der Waals surface area contributed by atoms with E-state index in [1.54, 1.807) is 0 Å². The second kappa shape index (κ2) is 5.48. The van der Waals surface area contributed by atoms with E-state index in [1.165, 1.54) is 4.90 Å². The molecule has 0 spiro atoms. The molecule has 2 rings (SSSR count). The summed E-state index contributed by atoms with van der Waals surface area (Å²) < 4.78 is 24.2. The van der Waals surface area contributed by atoms with Gasteiger partial charge in [-0.15, -0.1) is 0 Å². The minimum atomic E-state index is -3.43. The van der Waals surface area contributed by atoms with Crippen LogP contribution in [0, 0.1) is 0 Å². The van der Waals surface area contributed by atoms with Crippen LogP contribution < -0.4 is 0 Å². The highest BCUT2D eigenvalue weighted by Crippen LogP contribution is 2.26. The normalized spacial score (nSPS) is 24.8. The van der Waals surface area contributed by atoms with Crippen LogP contribution >= 0.6 is 0 Å².